The first-order chi connectivity index (χ1) is 16.5. The van der Waals surface area contributed by atoms with Crippen LogP contribution in [0.5, 0.6) is 11.5 Å². The number of nitro benzene ring substituents is 1. The molecule has 3 aromatic rings. The molecule has 0 atom stereocenters. The minimum atomic E-state index is -0.484. The number of rotatable bonds is 8. The molecule has 0 saturated carbocycles. The van der Waals surface area contributed by atoms with Gasteiger partial charge in [0.2, 0.25) is 17.6 Å². The number of nitrogens with zero attached hydrogens (tertiary/aromatic N) is 4. The molecule has 0 radical (unpaired) electrons. The van der Waals surface area contributed by atoms with Crippen LogP contribution < -0.4 is 14.8 Å². The van der Waals surface area contributed by atoms with E-state index in [-0.39, 0.29) is 17.5 Å². The number of amides is 1. The zero-order chi connectivity index (χ0) is 24.1. The summed E-state index contributed by atoms with van der Waals surface area (Å²) >= 11 is 0. The maximum atomic E-state index is 12.6. The van der Waals surface area contributed by atoms with Crippen molar-refractivity contribution >= 4 is 17.3 Å². The van der Waals surface area contributed by atoms with Gasteiger partial charge >= 0.3 is 0 Å². The molecule has 1 amide bonds. The van der Waals surface area contributed by atoms with Crippen LogP contribution in [0.2, 0.25) is 0 Å². The van der Waals surface area contributed by atoms with Gasteiger partial charge in [-0.15, -0.1) is 0 Å². The van der Waals surface area contributed by atoms with E-state index in [4.69, 9.17) is 14.0 Å². The lowest BCUT2D eigenvalue weighted by atomic mass is 9.96. The molecule has 1 aliphatic heterocycles. The van der Waals surface area contributed by atoms with E-state index < -0.39 is 4.92 Å². The molecule has 0 spiro atoms. The molecule has 2 heterocycles. The van der Waals surface area contributed by atoms with Crippen molar-refractivity contribution in [3.8, 4) is 22.9 Å². The van der Waals surface area contributed by atoms with Gasteiger partial charge in [-0.2, -0.15) is 4.98 Å². The Labute approximate surface area is 195 Å². The minimum Gasteiger partial charge on any atom is -0.493 e. The number of ether oxygens (including phenoxy) is 2. The fourth-order valence-corrected chi connectivity index (χ4v) is 3.90. The smallest absolute Gasteiger partial charge is 0.271 e. The van der Waals surface area contributed by atoms with Gasteiger partial charge in [-0.1, -0.05) is 11.2 Å². The molecule has 1 aromatic heterocycles. The van der Waals surface area contributed by atoms with E-state index in [2.05, 4.69) is 20.4 Å². The Bertz CT molecular complexity index is 1170. The van der Waals surface area contributed by atoms with Crippen molar-refractivity contribution in [3.63, 3.8) is 0 Å². The number of carbonyl (C=O) groups is 1. The molecular formula is C23H25N5O6. The third-order valence-corrected chi connectivity index (χ3v) is 5.75. The fourth-order valence-electron chi connectivity index (χ4n) is 3.90. The maximum Gasteiger partial charge on any atom is 0.271 e. The highest BCUT2D eigenvalue weighted by molar-refractivity contribution is 5.92. The molecule has 34 heavy (non-hydrogen) atoms. The number of anilines is 1. The molecule has 2 aromatic carbocycles. The van der Waals surface area contributed by atoms with E-state index in [0.717, 1.165) is 5.56 Å². The number of likely N-dealkylation sites (tertiary alicyclic amines) is 1. The van der Waals surface area contributed by atoms with Crippen molar-refractivity contribution in [3.05, 3.63) is 58.5 Å². The molecule has 1 fully saturated rings. The number of piperidine rings is 1. The van der Waals surface area contributed by atoms with Crippen molar-refractivity contribution in [2.45, 2.75) is 19.4 Å². The second-order valence-electron chi connectivity index (χ2n) is 7.93. The Morgan fingerprint density at radius 1 is 1.18 bits per heavy atom. The molecule has 1 N–H and O–H groups in total. The first-order valence-corrected chi connectivity index (χ1v) is 10.8. The van der Waals surface area contributed by atoms with Crippen LogP contribution in [-0.2, 0) is 11.3 Å². The lowest BCUT2D eigenvalue weighted by molar-refractivity contribution is -0.384. The molecule has 4 rings (SSSR count). The average Bonchev–Trinajstić information content (AvgIpc) is 3.32. The Kier molecular flexibility index (Phi) is 7.02. The van der Waals surface area contributed by atoms with Gasteiger partial charge in [0.15, 0.2) is 11.5 Å². The summed E-state index contributed by atoms with van der Waals surface area (Å²) in [6, 6.07) is 11.4. The molecule has 1 aliphatic rings. The standard InChI is InChI=1S/C23H25N5O6/c1-32-19-7-6-16(12-20(19)33-2)22-25-21(34-26-22)14-27-10-8-15(9-11-27)23(29)24-17-4-3-5-18(13-17)28(30)31/h3-7,12-13,15H,8-11,14H2,1-2H3,(H,24,29). The van der Waals surface area contributed by atoms with Crippen LogP contribution in [0, 0.1) is 16.0 Å². The van der Waals surface area contributed by atoms with Crippen LogP contribution in [0.3, 0.4) is 0 Å². The fraction of sp³-hybridized carbons (Fsp3) is 0.348. The summed E-state index contributed by atoms with van der Waals surface area (Å²) in [6.45, 7) is 1.88. The Morgan fingerprint density at radius 3 is 2.65 bits per heavy atom. The highest BCUT2D eigenvalue weighted by atomic mass is 16.6. The number of benzene rings is 2. The molecular weight excluding hydrogens is 442 g/mol. The molecule has 1 saturated heterocycles. The number of hydrogen-bond donors (Lipinski definition) is 1. The van der Waals surface area contributed by atoms with Crippen LogP contribution >= 0.6 is 0 Å². The molecule has 11 heteroatoms. The van der Waals surface area contributed by atoms with E-state index in [1.165, 1.54) is 12.1 Å². The zero-order valence-electron chi connectivity index (χ0n) is 18.9. The van der Waals surface area contributed by atoms with Crippen LogP contribution in [0.15, 0.2) is 47.0 Å². The highest BCUT2D eigenvalue weighted by Gasteiger charge is 2.26. The third-order valence-electron chi connectivity index (χ3n) is 5.75. The number of aromatic nitrogens is 2. The normalized spacial score (nSPS) is 14.5. The largest absolute Gasteiger partial charge is 0.493 e. The maximum absolute atomic E-state index is 12.6. The van der Waals surface area contributed by atoms with Gasteiger partial charge < -0.3 is 19.3 Å². The van der Waals surface area contributed by atoms with Crippen LogP contribution in [0.1, 0.15) is 18.7 Å². The third kappa shape index (κ3) is 5.31. The van der Waals surface area contributed by atoms with E-state index in [1.807, 2.05) is 6.07 Å². The average molecular weight is 467 g/mol. The second-order valence-corrected chi connectivity index (χ2v) is 7.93. The van der Waals surface area contributed by atoms with E-state index in [9.17, 15) is 14.9 Å². The van der Waals surface area contributed by atoms with Crippen LogP contribution in [0.4, 0.5) is 11.4 Å². The molecule has 0 bridgehead atoms. The van der Waals surface area contributed by atoms with Crippen molar-refractivity contribution < 1.29 is 23.7 Å². The topological polar surface area (TPSA) is 133 Å². The monoisotopic (exact) mass is 467 g/mol. The van der Waals surface area contributed by atoms with Crippen molar-refractivity contribution in [1.82, 2.24) is 15.0 Å². The lowest BCUT2D eigenvalue weighted by Crippen LogP contribution is -2.37. The van der Waals surface area contributed by atoms with E-state index >= 15 is 0 Å². The summed E-state index contributed by atoms with van der Waals surface area (Å²) < 4.78 is 16.0. The van der Waals surface area contributed by atoms with Crippen molar-refractivity contribution in [2.24, 2.45) is 5.92 Å². The van der Waals surface area contributed by atoms with Gasteiger partial charge in [-0.3, -0.25) is 19.8 Å². The molecule has 0 unspecified atom stereocenters. The highest BCUT2D eigenvalue weighted by Crippen LogP contribution is 2.31. The summed E-state index contributed by atoms with van der Waals surface area (Å²) in [5.41, 5.74) is 1.12. The predicted octanol–water partition coefficient (Wildman–Crippen LogP) is 3.51. The molecule has 0 aliphatic carbocycles. The van der Waals surface area contributed by atoms with Gasteiger partial charge in [0.1, 0.15) is 0 Å². The van der Waals surface area contributed by atoms with E-state index in [0.29, 0.717) is 61.4 Å². The molecule has 178 valence electrons. The quantitative estimate of drug-likeness (QED) is 0.390. The first kappa shape index (κ1) is 23.2. The van der Waals surface area contributed by atoms with Crippen molar-refractivity contribution in [2.75, 3.05) is 32.6 Å². The molecule has 11 nitrogen and oxygen atoms in total. The number of nitrogens with one attached hydrogen (secondary N) is 1. The minimum absolute atomic E-state index is 0.0559. The Hall–Kier alpha value is -3.99. The number of nitro groups is 1. The number of methoxy groups -OCH3 is 2. The SMILES string of the molecule is COc1ccc(-c2noc(CN3CCC(C(=O)Nc4cccc([N+](=O)[O-])c4)CC3)n2)cc1OC. The van der Waals surface area contributed by atoms with Gasteiger partial charge in [-0.05, 0) is 50.2 Å². The Morgan fingerprint density at radius 2 is 1.94 bits per heavy atom. The van der Waals surface area contributed by atoms with Gasteiger partial charge in [0.05, 0.1) is 25.7 Å². The summed E-state index contributed by atoms with van der Waals surface area (Å²) in [6.07, 6.45) is 1.33. The van der Waals surface area contributed by atoms with Crippen LogP contribution in [-0.4, -0.2) is 53.2 Å². The summed E-state index contributed by atoms with van der Waals surface area (Å²) in [5.74, 6) is 1.85. The van der Waals surface area contributed by atoms with Gasteiger partial charge in [0.25, 0.3) is 5.69 Å². The predicted molar refractivity (Wildman–Crippen MR) is 123 cm³/mol. The van der Waals surface area contributed by atoms with Crippen molar-refractivity contribution in [1.29, 1.82) is 0 Å². The first-order valence-electron chi connectivity index (χ1n) is 10.8. The number of carbonyl (C=O) groups excluding carboxylic acids is 1. The summed E-state index contributed by atoms with van der Waals surface area (Å²) in [5, 5.41) is 17.8. The van der Waals surface area contributed by atoms with Gasteiger partial charge in [-0.25, -0.2) is 0 Å². The number of non-ortho nitro benzene ring substituents is 1. The Balaban J connectivity index is 1.31. The second kappa shape index (κ2) is 10.3. The zero-order valence-corrected chi connectivity index (χ0v) is 18.9. The summed E-state index contributed by atoms with van der Waals surface area (Å²) in [4.78, 5) is 29.7. The summed E-state index contributed by atoms with van der Waals surface area (Å²) in [7, 11) is 3.14. The van der Waals surface area contributed by atoms with E-state index in [1.54, 1.807) is 38.5 Å². The van der Waals surface area contributed by atoms with Gasteiger partial charge in [0, 0.05) is 29.3 Å². The van der Waals surface area contributed by atoms with Crippen LogP contribution in [0.25, 0.3) is 11.4 Å². The number of hydrogen-bond acceptors (Lipinski definition) is 9. The lowest BCUT2D eigenvalue weighted by Gasteiger charge is -2.30.